The molecule has 0 spiro atoms. The monoisotopic (exact) mass is 277 g/mol. The van der Waals surface area contributed by atoms with Crippen molar-refractivity contribution in [1.82, 2.24) is 5.32 Å². The van der Waals surface area contributed by atoms with E-state index >= 15 is 0 Å². The average molecular weight is 277 g/mol. The number of carbonyl (C=O) groups is 2. The van der Waals surface area contributed by atoms with Gasteiger partial charge in [0.25, 0.3) is 0 Å². The van der Waals surface area contributed by atoms with E-state index in [-0.39, 0.29) is 12.3 Å². The second-order valence-electron chi connectivity index (χ2n) is 4.20. The molecule has 0 aliphatic heterocycles. The quantitative estimate of drug-likeness (QED) is 0.622. The van der Waals surface area contributed by atoms with Crippen molar-refractivity contribution in [2.45, 2.75) is 57.0 Å². The van der Waals surface area contributed by atoms with E-state index in [1.165, 1.54) is 6.92 Å². The van der Waals surface area contributed by atoms with Crippen LogP contribution in [0.25, 0.3) is 0 Å². The minimum atomic E-state index is -1.68. The van der Waals surface area contributed by atoms with E-state index in [9.17, 15) is 13.8 Å². The number of hydrogen-bond acceptors (Lipinski definition) is 3. The van der Waals surface area contributed by atoms with E-state index in [2.05, 4.69) is 12.2 Å². The van der Waals surface area contributed by atoms with Gasteiger partial charge in [-0.1, -0.05) is 26.7 Å². The summed E-state index contributed by atoms with van der Waals surface area (Å²) in [5.74, 6) is -1.44. The minimum Gasteiger partial charge on any atom is -0.480 e. The molecule has 0 saturated carbocycles. The highest BCUT2D eigenvalue weighted by atomic mass is 32.2. The molecule has 0 aromatic carbocycles. The normalized spacial score (nSPS) is 15.7. The molecule has 2 N–H and O–H groups in total. The number of unbranched alkanes of at least 4 members (excludes halogenated alkanes) is 2. The number of amides is 1. The van der Waals surface area contributed by atoms with Crippen molar-refractivity contribution in [3.63, 3.8) is 0 Å². The van der Waals surface area contributed by atoms with Gasteiger partial charge in [0.05, 0.1) is 0 Å². The smallest absolute Gasteiger partial charge is 0.319 e. The molecule has 3 unspecified atom stereocenters. The number of hydrogen-bond donors (Lipinski definition) is 2. The van der Waals surface area contributed by atoms with Gasteiger partial charge in [0.2, 0.25) is 5.91 Å². The Morgan fingerprint density at radius 1 is 1.28 bits per heavy atom. The molecule has 0 bridgehead atoms. The summed E-state index contributed by atoms with van der Waals surface area (Å²) in [5.41, 5.74) is 0. The summed E-state index contributed by atoms with van der Waals surface area (Å²) in [4.78, 5) is 22.6. The van der Waals surface area contributed by atoms with Crippen LogP contribution in [0.15, 0.2) is 0 Å². The molecule has 106 valence electrons. The lowest BCUT2D eigenvalue weighted by atomic mass is 10.2. The minimum absolute atomic E-state index is 0.259. The van der Waals surface area contributed by atoms with Crippen molar-refractivity contribution in [2.24, 2.45) is 0 Å². The molecule has 0 radical (unpaired) electrons. The lowest BCUT2D eigenvalue weighted by Crippen LogP contribution is -2.41. The number of carbonyl (C=O) groups excluding carboxylic acids is 1. The molecule has 0 aromatic heterocycles. The Hall–Kier alpha value is -0.910. The molecule has 0 aliphatic rings. The predicted octanol–water partition coefficient (Wildman–Crippen LogP) is 1.29. The zero-order valence-corrected chi connectivity index (χ0v) is 12.1. The van der Waals surface area contributed by atoms with Gasteiger partial charge in [0, 0.05) is 17.3 Å². The molecule has 18 heavy (non-hydrogen) atoms. The van der Waals surface area contributed by atoms with Crippen molar-refractivity contribution in [2.75, 3.05) is 6.54 Å². The Bertz CT molecular complexity index is 306. The molecular formula is C12H23NO4S. The number of nitrogens with one attached hydrogen (secondary N) is 1. The Morgan fingerprint density at radius 2 is 1.89 bits per heavy atom. The Labute approximate surface area is 111 Å². The zero-order valence-electron chi connectivity index (χ0n) is 11.3. The van der Waals surface area contributed by atoms with Crippen molar-refractivity contribution in [1.29, 1.82) is 0 Å². The van der Waals surface area contributed by atoms with Gasteiger partial charge in [0.1, 0.15) is 10.5 Å². The highest BCUT2D eigenvalue weighted by Crippen LogP contribution is 2.09. The van der Waals surface area contributed by atoms with Crippen LogP contribution in [-0.4, -0.2) is 38.2 Å². The van der Waals surface area contributed by atoms with E-state index < -0.39 is 27.3 Å². The topological polar surface area (TPSA) is 83.5 Å². The summed E-state index contributed by atoms with van der Waals surface area (Å²) >= 11 is 0. The largest absolute Gasteiger partial charge is 0.480 e. The standard InChI is InChI=1S/C12H23NO4S/c1-4-6-7-8-13-11(14)9(3)18(17)10(5-2)12(15)16/h9-10H,4-8H2,1-3H3,(H,13,14)(H,15,16). The SMILES string of the molecule is CCCCCNC(=O)C(C)S(=O)C(CC)C(=O)O. The van der Waals surface area contributed by atoms with Crippen LogP contribution in [-0.2, 0) is 20.4 Å². The third kappa shape index (κ3) is 5.62. The van der Waals surface area contributed by atoms with Gasteiger partial charge in [-0.05, 0) is 19.8 Å². The molecule has 0 saturated heterocycles. The summed E-state index contributed by atoms with van der Waals surface area (Å²) in [6.07, 6.45) is 3.24. The molecule has 0 heterocycles. The lowest BCUT2D eigenvalue weighted by Gasteiger charge is -2.16. The maximum Gasteiger partial charge on any atom is 0.319 e. The van der Waals surface area contributed by atoms with Gasteiger partial charge in [0.15, 0.2) is 0 Å². The highest BCUT2D eigenvalue weighted by molar-refractivity contribution is 7.87. The van der Waals surface area contributed by atoms with Gasteiger partial charge in [-0.25, -0.2) is 0 Å². The van der Waals surface area contributed by atoms with Crippen LogP contribution in [0.1, 0.15) is 46.5 Å². The summed E-state index contributed by atoms with van der Waals surface area (Å²) in [5, 5.41) is 9.83. The van der Waals surface area contributed by atoms with Gasteiger partial charge in [-0.2, -0.15) is 0 Å². The van der Waals surface area contributed by atoms with E-state index in [0.717, 1.165) is 19.3 Å². The van der Waals surface area contributed by atoms with Crippen LogP contribution in [0.2, 0.25) is 0 Å². The van der Waals surface area contributed by atoms with Crippen molar-refractivity contribution >= 4 is 22.7 Å². The van der Waals surface area contributed by atoms with Crippen LogP contribution in [0.4, 0.5) is 0 Å². The summed E-state index contributed by atoms with van der Waals surface area (Å²) in [7, 11) is -1.68. The van der Waals surface area contributed by atoms with Crippen molar-refractivity contribution < 1.29 is 18.9 Å². The second-order valence-corrected chi connectivity index (χ2v) is 6.14. The first kappa shape index (κ1) is 17.1. The van der Waals surface area contributed by atoms with Crippen molar-refractivity contribution in [3.05, 3.63) is 0 Å². The predicted molar refractivity (Wildman–Crippen MR) is 71.9 cm³/mol. The van der Waals surface area contributed by atoms with Crippen molar-refractivity contribution in [3.8, 4) is 0 Å². The number of rotatable bonds is 9. The molecule has 0 fully saturated rings. The van der Waals surface area contributed by atoms with Gasteiger partial charge >= 0.3 is 5.97 Å². The molecule has 0 aromatic rings. The van der Waals surface area contributed by atoms with E-state index in [4.69, 9.17) is 5.11 Å². The number of carboxylic acid groups (broad SMARTS) is 1. The first-order valence-electron chi connectivity index (χ1n) is 6.35. The molecule has 0 rings (SSSR count). The molecule has 0 aliphatic carbocycles. The van der Waals surface area contributed by atoms with Crippen LogP contribution in [0, 0.1) is 0 Å². The maximum absolute atomic E-state index is 11.9. The molecular weight excluding hydrogens is 254 g/mol. The Morgan fingerprint density at radius 3 is 2.33 bits per heavy atom. The fourth-order valence-electron chi connectivity index (χ4n) is 1.52. The molecule has 1 amide bonds. The molecule has 3 atom stereocenters. The lowest BCUT2D eigenvalue weighted by molar-refractivity contribution is -0.136. The second kappa shape index (κ2) is 9.08. The van der Waals surface area contributed by atoms with Crippen LogP contribution in [0.5, 0.6) is 0 Å². The van der Waals surface area contributed by atoms with Gasteiger partial charge in [-0.15, -0.1) is 0 Å². The summed E-state index contributed by atoms with van der Waals surface area (Å²) < 4.78 is 11.9. The zero-order chi connectivity index (χ0) is 14.1. The average Bonchev–Trinajstić information content (AvgIpc) is 2.33. The first-order valence-corrected chi connectivity index (χ1v) is 7.63. The van der Waals surface area contributed by atoms with Gasteiger partial charge in [-0.3, -0.25) is 13.8 Å². The van der Waals surface area contributed by atoms with E-state index in [1.54, 1.807) is 6.92 Å². The van der Waals surface area contributed by atoms with E-state index in [1.807, 2.05) is 0 Å². The summed E-state index contributed by atoms with van der Waals surface area (Å²) in [6.45, 7) is 5.79. The highest BCUT2D eigenvalue weighted by Gasteiger charge is 2.30. The third-order valence-corrected chi connectivity index (χ3v) is 4.73. The van der Waals surface area contributed by atoms with Gasteiger partial charge < -0.3 is 10.4 Å². The van der Waals surface area contributed by atoms with Crippen LogP contribution >= 0.6 is 0 Å². The summed E-state index contributed by atoms with van der Waals surface area (Å²) in [6, 6.07) is 0. The van der Waals surface area contributed by atoms with Crippen LogP contribution in [0.3, 0.4) is 0 Å². The Kier molecular flexibility index (Phi) is 8.62. The Balaban J connectivity index is 4.27. The first-order chi connectivity index (χ1) is 8.45. The van der Waals surface area contributed by atoms with Crippen LogP contribution < -0.4 is 5.32 Å². The van der Waals surface area contributed by atoms with E-state index in [0.29, 0.717) is 6.54 Å². The fourth-order valence-corrected chi connectivity index (χ4v) is 2.83. The number of aliphatic carboxylic acids is 1. The maximum atomic E-state index is 11.9. The molecule has 5 nitrogen and oxygen atoms in total. The fraction of sp³-hybridized carbons (Fsp3) is 0.833. The number of carboxylic acids is 1. The molecule has 6 heteroatoms. The third-order valence-electron chi connectivity index (χ3n) is 2.72.